The molecule has 5 nitrogen and oxygen atoms in total. The zero-order valence-corrected chi connectivity index (χ0v) is 12.3. The van der Waals surface area contributed by atoms with E-state index in [2.05, 4.69) is 10.6 Å². The van der Waals surface area contributed by atoms with E-state index < -0.39 is 23.6 Å². The molecule has 0 saturated carbocycles. The maximum atomic E-state index is 13.1. The molecule has 2 aromatic rings. The second-order valence-corrected chi connectivity index (χ2v) is 4.94. The monoisotopic (exact) mass is 319 g/mol. The van der Waals surface area contributed by atoms with Crippen molar-refractivity contribution >= 4 is 17.6 Å². The van der Waals surface area contributed by atoms with Gasteiger partial charge in [0.15, 0.2) is 11.6 Å². The first kappa shape index (κ1) is 16.4. The van der Waals surface area contributed by atoms with Crippen LogP contribution in [0.2, 0.25) is 0 Å². The van der Waals surface area contributed by atoms with Crippen molar-refractivity contribution in [1.82, 2.24) is 5.32 Å². The van der Waals surface area contributed by atoms with Crippen LogP contribution in [-0.4, -0.2) is 11.9 Å². The van der Waals surface area contributed by atoms with Gasteiger partial charge in [0.1, 0.15) is 0 Å². The second kappa shape index (κ2) is 6.87. The van der Waals surface area contributed by atoms with Gasteiger partial charge in [0, 0.05) is 11.3 Å². The lowest BCUT2D eigenvalue weighted by Gasteiger charge is -2.15. The van der Waals surface area contributed by atoms with Crippen LogP contribution in [0.3, 0.4) is 0 Å². The van der Waals surface area contributed by atoms with E-state index in [-0.39, 0.29) is 11.6 Å². The Morgan fingerprint density at radius 1 is 1.04 bits per heavy atom. The molecule has 0 aromatic heterocycles. The Labute approximate surface area is 131 Å². The molecule has 0 saturated heterocycles. The minimum Gasteiger partial charge on any atom is -0.351 e. The fraction of sp³-hybridized carbons (Fsp3) is 0.125. The van der Waals surface area contributed by atoms with E-state index in [0.29, 0.717) is 5.69 Å². The van der Waals surface area contributed by atoms with Gasteiger partial charge in [0.25, 0.3) is 5.91 Å². The van der Waals surface area contributed by atoms with Gasteiger partial charge in [-0.3, -0.25) is 4.79 Å². The third kappa shape index (κ3) is 4.26. The fourth-order valence-electron chi connectivity index (χ4n) is 2.00. The molecule has 0 aliphatic carbocycles. The van der Waals surface area contributed by atoms with Crippen molar-refractivity contribution in [2.45, 2.75) is 13.0 Å². The maximum absolute atomic E-state index is 13.1. The van der Waals surface area contributed by atoms with Gasteiger partial charge < -0.3 is 16.4 Å². The first-order chi connectivity index (χ1) is 10.9. The predicted molar refractivity (Wildman–Crippen MR) is 81.9 cm³/mol. The van der Waals surface area contributed by atoms with Crippen LogP contribution in [0.4, 0.5) is 19.3 Å². The van der Waals surface area contributed by atoms with E-state index in [9.17, 15) is 18.4 Å². The van der Waals surface area contributed by atoms with E-state index in [4.69, 9.17) is 5.73 Å². The van der Waals surface area contributed by atoms with E-state index in [1.54, 1.807) is 31.2 Å². The highest BCUT2D eigenvalue weighted by atomic mass is 19.2. The molecule has 4 N–H and O–H groups in total. The highest BCUT2D eigenvalue weighted by Crippen LogP contribution is 2.17. The Morgan fingerprint density at radius 2 is 1.70 bits per heavy atom. The summed E-state index contributed by atoms with van der Waals surface area (Å²) in [4.78, 5) is 22.8. The lowest BCUT2D eigenvalue weighted by atomic mass is 10.1. The number of carbonyl (C=O) groups excluding carboxylic acids is 2. The van der Waals surface area contributed by atoms with Crippen LogP contribution in [-0.2, 0) is 0 Å². The van der Waals surface area contributed by atoms with Crippen LogP contribution in [0.1, 0.15) is 28.9 Å². The molecule has 0 fully saturated rings. The molecule has 3 amide bonds. The minimum absolute atomic E-state index is 0.0303. The van der Waals surface area contributed by atoms with Crippen molar-refractivity contribution in [2.75, 3.05) is 5.32 Å². The fourth-order valence-corrected chi connectivity index (χ4v) is 2.00. The van der Waals surface area contributed by atoms with Crippen molar-refractivity contribution < 1.29 is 18.4 Å². The number of anilines is 1. The molecule has 0 aliphatic heterocycles. The maximum Gasteiger partial charge on any atom is 0.316 e. The topological polar surface area (TPSA) is 84.2 Å². The number of hydrogen-bond acceptors (Lipinski definition) is 2. The quantitative estimate of drug-likeness (QED) is 0.809. The predicted octanol–water partition coefficient (Wildman–Crippen LogP) is 2.95. The average Bonchev–Trinajstić information content (AvgIpc) is 2.50. The molecular weight excluding hydrogens is 304 g/mol. The first-order valence-corrected chi connectivity index (χ1v) is 6.79. The molecule has 0 bridgehead atoms. The smallest absolute Gasteiger partial charge is 0.316 e. The van der Waals surface area contributed by atoms with E-state index in [0.717, 1.165) is 17.7 Å². The molecule has 1 unspecified atom stereocenters. The Bertz CT molecular complexity index is 733. The molecule has 7 heteroatoms. The molecule has 0 radical (unpaired) electrons. The standard InChI is InChI=1S/C16H15F2N3O2/c1-9(10-2-5-12(6-3-10)21-16(19)23)20-15(22)11-4-7-13(17)14(18)8-11/h2-9H,1H3,(H,20,22)(H3,19,21,23). The largest absolute Gasteiger partial charge is 0.351 e. The SMILES string of the molecule is CC(NC(=O)c1ccc(F)c(F)c1)c1ccc(NC(N)=O)cc1. The summed E-state index contributed by atoms with van der Waals surface area (Å²) >= 11 is 0. The summed E-state index contributed by atoms with van der Waals surface area (Å²) in [5, 5.41) is 5.10. The summed E-state index contributed by atoms with van der Waals surface area (Å²) in [5.41, 5.74) is 6.34. The minimum atomic E-state index is -1.08. The van der Waals surface area contributed by atoms with Crippen molar-refractivity contribution in [3.05, 3.63) is 65.2 Å². The lowest BCUT2D eigenvalue weighted by molar-refractivity contribution is 0.0939. The van der Waals surface area contributed by atoms with Crippen LogP contribution >= 0.6 is 0 Å². The number of hydrogen-bond donors (Lipinski definition) is 3. The van der Waals surface area contributed by atoms with Crippen LogP contribution in [0.25, 0.3) is 0 Å². The third-order valence-electron chi connectivity index (χ3n) is 3.21. The van der Waals surface area contributed by atoms with Gasteiger partial charge in [-0.1, -0.05) is 12.1 Å². The van der Waals surface area contributed by atoms with Crippen LogP contribution in [0, 0.1) is 11.6 Å². The van der Waals surface area contributed by atoms with Gasteiger partial charge >= 0.3 is 6.03 Å². The molecule has 0 spiro atoms. The van der Waals surface area contributed by atoms with Gasteiger partial charge in [-0.2, -0.15) is 0 Å². The summed E-state index contributed by atoms with van der Waals surface area (Å²) in [6.45, 7) is 1.74. The molecule has 1 atom stereocenters. The normalized spacial score (nSPS) is 11.6. The second-order valence-electron chi connectivity index (χ2n) is 4.94. The number of benzene rings is 2. The van der Waals surface area contributed by atoms with Gasteiger partial charge in [-0.25, -0.2) is 13.6 Å². The van der Waals surface area contributed by atoms with Crippen LogP contribution in [0.15, 0.2) is 42.5 Å². The highest BCUT2D eigenvalue weighted by Gasteiger charge is 2.13. The summed E-state index contributed by atoms with van der Waals surface area (Å²) in [7, 11) is 0. The lowest BCUT2D eigenvalue weighted by Crippen LogP contribution is -2.26. The Hall–Kier alpha value is -2.96. The molecule has 2 rings (SSSR count). The zero-order valence-electron chi connectivity index (χ0n) is 12.3. The highest BCUT2D eigenvalue weighted by molar-refractivity contribution is 5.94. The molecular formula is C16H15F2N3O2. The first-order valence-electron chi connectivity index (χ1n) is 6.79. The van der Waals surface area contributed by atoms with Gasteiger partial charge in [-0.05, 0) is 42.8 Å². The van der Waals surface area contributed by atoms with Crippen molar-refractivity contribution in [3.63, 3.8) is 0 Å². The zero-order chi connectivity index (χ0) is 17.0. The van der Waals surface area contributed by atoms with Gasteiger partial charge in [0.05, 0.1) is 6.04 Å². The number of nitrogens with two attached hydrogens (primary N) is 1. The Kier molecular flexibility index (Phi) is 4.90. The van der Waals surface area contributed by atoms with Crippen LogP contribution < -0.4 is 16.4 Å². The molecule has 23 heavy (non-hydrogen) atoms. The number of rotatable bonds is 4. The average molecular weight is 319 g/mol. The van der Waals surface area contributed by atoms with Gasteiger partial charge in [-0.15, -0.1) is 0 Å². The Balaban J connectivity index is 2.05. The third-order valence-corrected chi connectivity index (χ3v) is 3.21. The summed E-state index contributed by atoms with van der Waals surface area (Å²) < 4.78 is 26.0. The van der Waals surface area contributed by atoms with Crippen molar-refractivity contribution in [3.8, 4) is 0 Å². The van der Waals surface area contributed by atoms with E-state index in [1.165, 1.54) is 6.07 Å². The number of urea groups is 1. The number of carbonyl (C=O) groups is 2. The Morgan fingerprint density at radius 3 is 2.26 bits per heavy atom. The number of amides is 3. The summed E-state index contributed by atoms with van der Waals surface area (Å²) in [6, 6.07) is 8.62. The van der Waals surface area contributed by atoms with Crippen molar-refractivity contribution in [2.24, 2.45) is 5.73 Å². The van der Waals surface area contributed by atoms with Crippen molar-refractivity contribution in [1.29, 1.82) is 0 Å². The molecule has 120 valence electrons. The van der Waals surface area contributed by atoms with Crippen LogP contribution in [0.5, 0.6) is 0 Å². The number of primary amides is 1. The number of halogens is 2. The van der Waals surface area contributed by atoms with E-state index in [1.807, 2.05) is 0 Å². The molecule has 0 aliphatic rings. The summed E-state index contributed by atoms with van der Waals surface area (Å²) in [5.74, 6) is -2.60. The molecule has 2 aromatic carbocycles. The molecule has 0 heterocycles. The summed E-state index contributed by atoms with van der Waals surface area (Å²) in [6.07, 6.45) is 0. The van der Waals surface area contributed by atoms with Gasteiger partial charge in [0.2, 0.25) is 0 Å². The van der Waals surface area contributed by atoms with E-state index >= 15 is 0 Å². The number of nitrogens with one attached hydrogen (secondary N) is 2.